The van der Waals surface area contributed by atoms with Crippen molar-refractivity contribution in [1.29, 1.82) is 0 Å². The van der Waals surface area contributed by atoms with Gasteiger partial charge in [0, 0.05) is 30.7 Å². The first-order chi connectivity index (χ1) is 8.28. The molecule has 2 aromatic heterocycles. The van der Waals surface area contributed by atoms with Crippen molar-refractivity contribution in [2.24, 2.45) is 0 Å². The van der Waals surface area contributed by atoms with Crippen molar-refractivity contribution >= 4 is 17.6 Å². The largest absolute Gasteiger partial charge is 0.370 e. The second-order valence-corrected chi connectivity index (χ2v) is 4.49. The average molecular weight is 249 g/mol. The van der Waals surface area contributed by atoms with Crippen molar-refractivity contribution in [3.05, 3.63) is 30.0 Å². The van der Waals surface area contributed by atoms with Crippen LogP contribution in [0.25, 0.3) is 0 Å². The van der Waals surface area contributed by atoms with E-state index in [2.05, 4.69) is 32.2 Å². The van der Waals surface area contributed by atoms with E-state index in [1.54, 1.807) is 18.0 Å². The summed E-state index contributed by atoms with van der Waals surface area (Å²) >= 11 is 1.60. The van der Waals surface area contributed by atoms with E-state index in [4.69, 9.17) is 0 Å². The number of imidazole rings is 1. The van der Waals surface area contributed by atoms with Gasteiger partial charge in [-0.1, -0.05) is 11.8 Å². The number of hydrogen-bond acceptors (Lipinski definition) is 5. The molecule has 17 heavy (non-hydrogen) atoms. The number of aromatic nitrogens is 4. The molecular formula is C11H15N5S. The summed E-state index contributed by atoms with van der Waals surface area (Å²) in [4.78, 5) is 16.0. The van der Waals surface area contributed by atoms with Crippen LogP contribution in [0.5, 0.6) is 0 Å². The number of nitrogens with zero attached hydrogens (tertiary/aromatic N) is 3. The van der Waals surface area contributed by atoms with Crippen LogP contribution in [0.15, 0.2) is 23.6 Å². The number of rotatable bonds is 5. The summed E-state index contributed by atoms with van der Waals surface area (Å²) < 4.78 is 0. The van der Waals surface area contributed by atoms with Crippen molar-refractivity contribution in [2.45, 2.75) is 24.8 Å². The van der Waals surface area contributed by atoms with E-state index < -0.39 is 0 Å². The van der Waals surface area contributed by atoms with Gasteiger partial charge in [0.05, 0.1) is 5.75 Å². The van der Waals surface area contributed by atoms with Crippen LogP contribution < -0.4 is 5.32 Å². The van der Waals surface area contributed by atoms with Crippen LogP contribution in [0.4, 0.5) is 5.82 Å². The van der Waals surface area contributed by atoms with Crippen LogP contribution in [0.2, 0.25) is 0 Å². The highest BCUT2D eigenvalue weighted by atomic mass is 32.2. The third kappa shape index (κ3) is 3.45. The highest BCUT2D eigenvalue weighted by Crippen LogP contribution is 2.17. The normalized spacial score (nSPS) is 10.5. The summed E-state index contributed by atoms with van der Waals surface area (Å²) in [6, 6.07) is 1.95. The number of aromatic amines is 1. The third-order valence-corrected chi connectivity index (χ3v) is 2.97. The molecule has 0 radical (unpaired) electrons. The molecule has 2 rings (SSSR count). The molecule has 0 saturated heterocycles. The standard InChI is InChI=1S/C11H15N5S/c1-3-12-9-6-8(2)15-10(16-9)7-17-11-13-4-5-14-11/h4-6H,3,7H2,1-2H3,(H,13,14)(H,12,15,16). The highest BCUT2D eigenvalue weighted by molar-refractivity contribution is 7.98. The Morgan fingerprint density at radius 2 is 2.29 bits per heavy atom. The Morgan fingerprint density at radius 1 is 1.41 bits per heavy atom. The Labute approximate surface area is 104 Å². The molecule has 6 heteroatoms. The molecule has 0 atom stereocenters. The summed E-state index contributed by atoms with van der Waals surface area (Å²) in [5, 5.41) is 4.09. The van der Waals surface area contributed by atoms with E-state index in [0.29, 0.717) is 5.75 Å². The van der Waals surface area contributed by atoms with Gasteiger partial charge in [-0.2, -0.15) is 0 Å². The van der Waals surface area contributed by atoms with E-state index >= 15 is 0 Å². The molecule has 5 nitrogen and oxygen atoms in total. The van der Waals surface area contributed by atoms with Gasteiger partial charge in [0.2, 0.25) is 0 Å². The van der Waals surface area contributed by atoms with Gasteiger partial charge in [-0.05, 0) is 13.8 Å². The molecular weight excluding hydrogens is 234 g/mol. The van der Waals surface area contributed by atoms with Crippen molar-refractivity contribution in [1.82, 2.24) is 19.9 Å². The van der Waals surface area contributed by atoms with Crippen LogP contribution in [-0.2, 0) is 5.75 Å². The summed E-state index contributed by atoms with van der Waals surface area (Å²) in [5.74, 6) is 2.42. The number of anilines is 1. The van der Waals surface area contributed by atoms with E-state index in [9.17, 15) is 0 Å². The fourth-order valence-electron chi connectivity index (χ4n) is 1.43. The predicted molar refractivity (Wildman–Crippen MR) is 69.1 cm³/mol. The zero-order valence-electron chi connectivity index (χ0n) is 9.90. The lowest BCUT2D eigenvalue weighted by Gasteiger charge is -2.05. The quantitative estimate of drug-likeness (QED) is 0.795. The number of aryl methyl sites for hydroxylation is 1. The van der Waals surface area contributed by atoms with Gasteiger partial charge in [0.25, 0.3) is 0 Å². The first kappa shape index (κ1) is 11.9. The molecule has 0 aliphatic rings. The maximum Gasteiger partial charge on any atom is 0.165 e. The maximum atomic E-state index is 4.44. The average Bonchev–Trinajstić information content (AvgIpc) is 2.79. The molecule has 0 aliphatic carbocycles. The molecule has 90 valence electrons. The van der Waals surface area contributed by atoms with Crippen molar-refractivity contribution in [2.75, 3.05) is 11.9 Å². The van der Waals surface area contributed by atoms with E-state index in [1.807, 2.05) is 19.2 Å². The second-order valence-electron chi connectivity index (χ2n) is 3.52. The highest BCUT2D eigenvalue weighted by Gasteiger charge is 2.03. The molecule has 0 amide bonds. The molecule has 0 bridgehead atoms. The fraction of sp³-hybridized carbons (Fsp3) is 0.364. The number of H-pyrrole nitrogens is 1. The van der Waals surface area contributed by atoms with Crippen LogP contribution in [0.3, 0.4) is 0 Å². The van der Waals surface area contributed by atoms with Crippen LogP contribution in [0, 0.1) is 6.92 Å². The Bertz CT molecular complexity index is 469. The Hall–Kier alpha value is -1.56. The topological polar surface area (TPSA) is 66.5 Å². The number of thioether (sulfide) groups is 1. The molecule has 2 heterocycles. The smallest absolute Gasteiger partial charge is 0.165 e. The lowest BCUT2D eigenvalue weighted by Crippen LogP contribution is -2.04. The minimum Gasteiger partial charge on any atom is -0.370 e. The van der Waals surface area contributed by atoms with Gasteiger partial charge in [0.15, 0.2) is 5.16 Å². The molecule has 0 aliphatic heterocycles. The maximum absolute atomic E-state index is 4.44. The van der Waals surface area contributed by atoms with E-state index in [1.165, 1.54) is 0 Å². The molecule has 0 spiro atoms. The monoisotopic (exact) mass is 249 g/mol. The fourth-order valence-corrected chi connectivity index (χ4v) is 2.11. The second kappa shape index (κ2) is 5.67. The van der Waals surface area contributed by atoms with E-state index in [0.717, 1.165) is 29.0 Å². The molecule has 0 saturated carbocycles. The van der Waals surface area contributed by atoms with Crippen LogP contribution >= 0.6 is 11.8 Å². The van der Waals surface area contributed by atoms with Gasteiger partial charge in [-0.15, -0.1) is 0 Å². The molecule has 0 fully saturated rings. The van der Waals surface area contributed by atoms with Crippen molar-refractivity contribution < 1.29 is 0 Å². The first-order valence-corrected chi connectivity index (χ1v) is 6.47. The van der Waals surface area contributed by atoms with Crippen molar-refractivity contribution in [3.8, 4) is 0 Å². The zero-order chi connectivity index (χ0) is 12.1. The van der Waals surface area contributed by atoms with Gasteiger partial charge in [-0.3, -0.25) is 0 Å². The summed E-state index contributed by atoms with van der Waals surface area (Å²) in [6.45, 7) is 4.89. The van der Waals surface area contributed by atoms with Gasteiger partial charge in [0.1, 0.15) is 11.6 Å². The Morgan fingerprint density at radius 3 is 3.00 bits per heavy atom. The first-order valence-electron chi connectivity index (χ1n) is 5.48. The van der Waals surface area contributed by atoms with Gasteiger partial charge in [-0.25, -0.2) is 15.0 Å². The van der Waals surface area contributed by atoms with Crippen LogP contribution in [-0.4, -0.2) is 26.5 Å². The van der Waals surface area contributed by atoms with Gasteiger partial charge >= 0.3 is 0 Å². The minimum absolute atomic E-state index is 0.716. The zero-order valence-corrected chi connectivity index (χ0v) is 10.7. The summed E-state index contributed by atoms with van der Waals surface area (Å²) in [6.07, 6.45) is 3.55. The molecule has 2 aromatic rings. The Kier molecular flexibility index (Phi) is 3.98. The minimum atomic E-state index is 0.716. The SMILES string of the molecule is CCNc1cc(C)nc(CSc2ncc[nH]2)n1. The van der Waals surface area contributed by atoms with Crippen LogP contribution in [0.1, 0.15) is 18.4 Å². The molecule has 2 N–H and O–H groups in total. The summed E-state index contributed by atoms with van der Waals surface area (Å²) in [7, 11) is 0. The van der Waals surface area contributed by atoms with Crippen molar-refractivity contribution in [3.63, 3.8) is 0 Å². The Balaban J connectivity index is 2.04. The lowest BCUT2D eigenvalue weighted by molar-refractivity contribution is 0.978. The lowest BCUT2D eigenvalue weighted by atomic mass is 10.4. The van der Waals surface area contributed by atoms with Gasteiger partial charge < -0.3 is 10.3 Å². The molecule has 0 aromatic carbocycles. The summed E-state index contributed by atoms with van der Waals surface area (Å²) in [5.41, 5.74) is 0.978. The third-order valence-electron chi connectivity index (χ3n) is 2.07. The number of hydrogen-bond donors (Lipinski definition) is 2. The predicted octanol–water partition coefficient (Wildman–Crippen LogP) is 2.23. The molecule has 0 unspecified atom stereocenters. The van der Waals surface area contributed by atoms with E-state index in [-0.39, 0.29) is 0 Å². The number of nitrogens with one attached hydrogen (secondary N) is 2.